The van der Waals surface area contributed by atoms with Gasteiger partial charge in [0, 0.05) is 41.6 Å². The van der Waals surface area contributed by atoms with Crippen molar-refractivity contribution in [3.05, 3.63) is 108 Å². The summed E-state index contributed by atoms with van der Waals surface area (Å²) in [5, 5.41) is 8.58. The van der Waals surface area contributed by atoms with E-state index in [-0.39, 0.29) is 11.4 Å². The number of aromatic nitrogens is 3. The van der Waals surface area contributed by atoms with Gasteiger partial charge in [-0.1, -0.05) is 41.9 Å². The molecule has 0 amide bonds. The molecule has 0 fully saturated rings. The molecule has 2 heterocycles. The third kappa shape index (κ3) is 6.28. The van der Waals surface area contributed by atoms with Crippen LogP contribution in [0.25, 0.3) is 28.1 Å². The minimum atomic E-state index is -3.64. The van der Waals surface area contributed by atoms with Crippen LogP contribution in [0.5, 0.6) is 5.75 Å². The summed E-state index contributed by atoms with van der Waals surface area (Å²) in [6, 6.07) is 27.6. The first kappa shape index (κ1) is 26.4. The van der Waals surface area contributed by atoms with Crippen molar-refractivity contribution in [3.8, 4) is 33.8 Å². The molecule has 0 radical (unpaired) electrons. The van der Waals surface area contributed by atoms with Crippen LogP contribution < -0.4 is 14.8 Å². The molecule has 198 valence electrons. The second-order valence-corrected chi connectivity index (χ2v) is 10.8. The second kappa shape index (κ2) is 11.7. The van der Waals surface area contributed by atoms with E-state index < -0.39 is 10.0 Å². The molecule has 3 aromatic carbocycles. The Hall–Kier alpha value is -4.18. The molecule has 10 heteroatoms. The first-order valence-corrected chi connectivity index (χ1v) is 14.0. The summed E-state index contributed by atoms with van der Waals surface area (Å²) in [4.78, 5) is 4.57. The van der Waals surface area contributed by atoms with E-state index in [1.165, 1.54) is 12.1 Å². The highest BCUT2D eigenvalue weighted by Gasteiger charge is 2.16. The van der Waals surface area contributed by atoms with Crippen LogP contribution in [0.3, 0.4) is 0 Å². The fourth-order valence-electron chi connectivity index (χ4n) is 4.05. The number of hydrogen-bond acceptors (Lipinski definition) is 6. The number of rotatable bonds is 10. The normalized spacial score (nSPS) is 11.3. The smallest absolute Gasteiger partial charge is 0.240 e. The Balaban J connectivity index is 1.37. The van der Waals surface area contributed by atoms with E-state index in [1.54, 1.807) is 25.4 Å². The zero-order valence-corrected chi connectivity index (χ0v) is 22.7. The molecular weight excluding hydrogens is 534 g/mol. The number of methoxy groups -OCH3 is 1. The van der Waals surface area contributed by atoms with Crippen molar-refractivity contribution in [2.75, 3.05) is 25.5 Å². The van der Waals surface area contributed by atoms with Gasteiger partial charge in [0.2, 0.25) is 10.0 Å². The van der Waals surface area contributed by atoms with Crippen molar-refractivity contribution in [3.63, 3.8) is 0 Å². The van der Waals surface area contributed by atoms with E-state index in [9.17, 15) is 8.42 Å². The predicted molar refractivity (Wildman–Crippen MR) is 154 cm³/mol. The van der Waals surface area contributed by atoms with Gasteiger partial charge in [-0.25, -0.2) is 22.8 Å². The van der Waals surface area contributed by atoms with Crippen LogP contribution in [0.1, 0.15) is 0 Å². The standard InChI is InChI=1S/C29H26ClN5O3S/c1-38-25-9-5-6-22(18-25)29-27(20-35(34-29)24-7-3-2-4-8-24)21-14-15-31-28(19-21)32-16-17-33-39(36,37)26-12-10-23(30)11-13-26/h2-15,18-20,33H,16-17H2,1H3,(H,31,32). The van der Waals surface area contributed by atoms with Gasteiger partial charge in [-0.05, 0) is 66.2 Å². The third-order valence-corrected chi connectivity index (χ3v) is 7.73. The van der Waals surface area contributed by atoms with E-state index in [0.29, 0.717) is 17.4 Å². The van der Waals surface area contributed by atoms with Gasteiger partial charge in [0.05, 0.1) is 17.7 Å². The Morgan fingerprint density at radius 1 is 0.897 bits per heavy atom. The Labute approximate surface area is 232 Å². The fourth-order valence-corrected chi connectivity index (χ4v) is 5.21. The zero-order chi connectivity index (χ0) is 27.2. The third-order valence-electron chi connectivity index (χ3n) is 6.00. The van der Waals surface area contributed by atoms with Crippen molar-refractivity contribution in [1.29, 1.82) is 0 Å². The van der Waals surface area contributed by atoms with Crippen molar-refractivity contribution < 1.29 is 13.2 Å². The van der Waals surface area contributed by atoms with Gasteiger partial charge >= 0.3 is 0 Å². The zero-order valence-electron chi connectivity index (χ0n) is 21.1. The van der Waals surface area contributed by atoms with Gasteiger partial charge in [0.15, 0.2) is 0 Å². The molecule has 0 atom stereocenters. The summed E-state index contributed by atoms with van der Waals surface area (Å²) >= 11 is 5.86. The van der Waals surface area contributed by atoms with Crippen LogP contribution in [0.15, 0.2) is 108 Å². The van der Waals surface area contributed by atoms with E-state index in [2.05, 4.69) is 15.0 Å². The summed E-state index contributed by atoms with van der Waals surface area (Å²) in [5.74, 6) is 1.35. The van der Waals surface area contributed by atoms with Crippen LogP contribution in [-0.4, -0.2) is 43.4 Å². The summed E-state index contributed by atoms with van der Waals surface area (Å²) in [6.07, 6.45) is 3.70. The van der Waals surface area contributed by atoms with Crippen LogP contribution in [0.2, 0.25) is 5.02 Å². The van der Waals surface area contributed by atoms with Crippen LogP contribution >= 0.6 is 11.6 Å². The molecule has 0 saturated carbocycles. The number of nitrogens with zero attached hydrogens (tertiary/aromatic N) is 3. The minimum absolute atomic E-state index is 0.160. The monoisotopic (exact) mass is 559 g/mol. The molecule has 8 nitrogen and oxygen atoms in total. The lowest BCUT2D eigenvalue weighted by molar-refractivity contribution is 0.415. The van der Waals surface area contributed by atoms with Gasteiger partial charge in [-0.2, -0.15) is 5.10 Å². The van der Waals surface area contributed by atoms with Gasteiger partial charge in [-0.3, -0.25) is 0 Å². The average molecular weight is 560 g/mol. The highest BCUT2D eigenvalue weighted by molar-refractivity contribution is 7.89. The lowest BCUT2D eigenvalue weighted by Crippen LogP contribution is -2.29. The maximum Gasteiger partial charge on any atom is 0.240 e. The number of pyridine rings is 1. The Bertz CT molecular complexity index is 1670. The van der Waals surface area contributed by atoms with E-state index >= 15 is 0 Å². The quantitative estimate of drug-likeness (QED) is 0.214. The number of anilines is 1. The van der Waals surface area contributed by atoms with Gasteiger partial charge in [-0.15, -0.1) is 0 Å². The van der Waals surface area contributed by atoms with Crippen LogP contribution in [0.4, 0.5) is 5.82 Å². The molecule has 5 rings (SSSR count). The van der Waals surface area contributed by atoms with E-state index in [1.807, 2.05) is 77.6 Å². The number of sulfonamides is 1. The highest BCUT2D eigenvalue weighted by atomic mass is 35.5. The topological polar surface area (TPSA) is 98.1 Å². The molecule has 2 N–H and O–H groups in total. The first-order valence-electron chi connectivity index (χ1n) is 12.2. The fraction of sp³-hybridized carbons (Fsp3) is 0.103. The first-order chi connectivity index (χ1) is 18.9. The molecule has 0 bridgehead atoms. The number of nitrogens with one attached hydrogen (secondary N) is 2. The molecule has 0 spiro atoms. The van der Waals surface area contributed by atoms with Crippen LogP contribution in [-0.2, 0) is 10.0 Å². The van der Waals surface area contributed by atoms with Gasteiger partial charge in [0.25, 0.3) is 0 Å². The minimum Gasteiger partial charge on any atom is -0.497 e. The number of benzene rings is 3. The van der Waals surface area contributed by atoms with E-state index in [4.69, 9.17) is 21.4 Å². The molecular formula is C29H26ClN5O3S. The summed E-state index contributed by atoms with van der Waals surface area (Å²) < 4.78 is 34.9. The van der Waals surface area contributed by atoms with Gasteiger partial charge in [0.1, 0.15) is 17.3 Å². The number of para-hydroxylation sites is 1. The van der Waals surface area contributed by atoms with Crippen molar-refractivity contribution in [2.24, 2.45) is 0 Å². The Kier molecular flexibility index (Phi) is 7.92. The largest absolute Gasteiger partial charge is 0.497 e. The molecule has 39 heavy (non-hydrogen) atoms. The number of ether oxygens (including phenoxy) is 1. The summed E-state index contributed by atoms with van der Waals surface area (Å²) in [5.41, 5.74) is 4.48. The van der Waals surface area contributed by atoms with E-state index in [0.717, 1.165) is 33.8 Å². The lowest BCUT2D eigenvalue weighted by atomic mass is 10.0. The Morgan fingerprint density at radius 2 is 1.69 bits per heavy atom. The second-order valence-electron chi connectivity index (χ2n) is 8.61. The molecule has 0 aliphatic carbocycles. The SMILES string of the molecule is COc1cccc(-c2nn(-c3ccccc3)cc2-c2ccnc(NCCNS(=O)(=O)c3ccc(Cl)cc3)c2)c1. The van der Waals surface area contributed by atoms with Crippen LogP contribution in [0, 0.1) is 0 Å². The summed E-state index contributed by atoms with van der Waals surface area (Å²) in [6.45, 7) is 0.521. The van der Waals surface area contributed by atoms with Crippen molar-refractivity contribution in [2.45, 2.75) is 4.90 Å². The predicted octanol–water partition coefficient (Wildman–Crippen LogP) is 5.65. The maximum atomic E-state index is 12.5. The molecule has 5 aromatic rings. The lowest BCUT2D eigenvalue weighted by Gasteiger charge is -2.10. The molecule has 0 aliphatic heterocycles. The average Bonchev–Trinajstić information content (AvgIpc) is 3.42. The number of hydrogen-bond donors (Lipinski definition) is 2. The molecule has 0 unspecified atom stereocenters. The molecule has 0 saturated heterocycles. The maximum absolute atomic E-state index is 12.5. The van der Waals surface area contributed by atoms with Crippen molar-refractivity contribution in [1.82, 2.24) is 19.5 Å². The van der Waals surface area contributed by atoms with Crippen molar-refractivity contribution >= 4 is 27.4 Å². The number of halogens is 1. The summed E-state index contributed by atoms with van der Waals surface area (Å²) in [7, 11) is -2.00. The molecule has 0 aliphatic rings. The van der Waals surface area contributed by atoms with Gasteiger partial charge < -0.3 is 10.1 Å². The highest BCUT2D eigenvalue weighted by Crippen LogP contribution is 2.34. The Morgan fingerprint density at radius 3 is 2.46 bits per heavy atom. The molecule has 2 aromatic heterocycles.